The summed E-state index contributed by atoms with van der Waals surface area (Å²) in [5, 5.41) is 1.04. The number of pyridine rings is 1. The van der Waals surface area contributed by atoms with Crippen molar-refractivity contribution in [1.29, 1.82) is 0 Å². The molecule has 154 valence electrons. The molecule has 0 amide bonds. The van der Waals surface area contributed by atoms with Crippen LogP contribution in [0.2, 0.25) is 0 Å². The first-order valence-corrected chi connectivity index (χ1v) is 9.87. The number of methoxy groups -OCH3 is 1. The molecule has 31 heavy (non-hydrogen) atoms. The second-order valence-electron chi connectivity index (χ2n) is 7.51. The molecule has 0 radical (unpaired) electrons. The smallest absolute Gasteiger partial charge is 0.337 e. The Morgan fingerprint density at radius 2 is 1.84 bits per heavy atom. The van der Waals surface area contributed by atoms with Crippen molar-refractivity contribution in [3.63, 3.8) is 0 Å². The molecule has 0 saturated carbocycles. The Balaban J connectivity index is 1.45. The maximum absolute atomic E-state index is 15.9. The Morgan fingerprint density at radius 3 is 2.68 bits per heavy atom. The second kappa shape index (κ2) is 7.43. The van der Waals surface area contributed by atoms with Crippen LogP contribution >= 0.6 is 0 Å². The highest BCUT2D eigenvalue weighted by molar-refractivity contribution is 5.91. The number of carbonyl (C=O) groups excluding carboxylic acids is 1. The van der Waals surface area contributed by atoms with E-state index in [-0.39, 0.29) is 18.8 Å². The van der Waals surface area contributed by atoms with Crippen molar-refractivity contribution in [2.24, 2.45) is 0 Å². The van der Waals surface area contributed by atoms with Gasteiger partial charge in [0, 0.05) is 23.3 Å². The summed E-state index contributed by atoms with van der Waals surface area (Å²) < 4.78 is 20.7. The lowest BCUT2D eigenvalue weighted by molar-refractivity contribution is 0.0601. The van der Waals surface area contributed by atoms with Crippen molar-refractivity contribution in [3.05, 3.63) is 84.3 Å². The van der Waals surface area contributed by atoms with Gasteiger partial charge < -0.3 is 9.64 Å². The number of anilines is 1. The largest absolute Gasteiger partial charge is 0.465 e. The van der Waals surface area contributed by atoms with Gasteiger partial charge in [-0.3, -0.25) is 9.97 Å². The first-order valence-electron chi connectivity index (χ1n) is 9.87. The summed E-state index contributed by atoms with van der Waals surface area (Å²) in [6.07, 6.45) is 3.01. The normalized spacial score (nSPS) is 14.8. The van der Waals surface area contributed by atoms with E-state index in [1.165, 1.54) is 19.5 Å². The van der Waals surface area contributed by atoms with Gasteiger partial charge in [-0.2, -0.15) is 0 Å². The molecule has 0 bridgehead atoms. The van der Waals surface area contributed by atoms with E-state index in [1.54, 1.807) is 24.3 Å². The van der Waals surface area contributed by atoms with Crippen LogP contribution in [-0.4, -0.2) is 41.1 Å². The third kappa shape index (κ3) is 3.38. The molecule has 2 aromatic carbocycles. The average molecular weight is 414 g/mol. The minimum atomic E-state index is -1.67. The quantitative estimate of drug-likeness (QED) is 0.467. The number of alkyl halides is 1. The van der Waals surface area contributed by atoms with E-state index >= 15 is 4.39 Å². The van der Waals surface area contributed by atoms with Crippen molar-refractivity contribution in [2.45, 2.75) is 5.67 Å². The van der Waals surface area contributed by atoms with Crippen molar-refractivity contribution >= 4 is 22.7 Å². The Morgan fingerprint density at radius 1 is 1.03 bits per heavy atom. The fourth-order valence-electron chi connectivity index (χ4n) is 3.89. The molecule has 0 unspecified atom stereocenters. The lowest BCUT2D eigenvalue weighted by atomic mass is 9.88. The van der Waals surface area contributed by atoms with Gasteiger partial charge in [-0.15, -0.1) is 0 Å². The van der Waals surface area contributed by atoms with E-state index in [2.05, 4.69) is 15.0 Å². The highest BCUT2D eigenvalue weighted by atomic mass is 19.1. The molecule has 6 nitrogen and oxygen atoms in total. The fraction of sp³-hybridized carbons (Fsp3) is 0.167. The highest BCUT2D eigenvalue weighted by Gasteiger charge is 2.48. The van der Waals surface area contributed by atoms with Crippen LogP contribution in [0.1, 0.15) is 16.1 Å². The van der Waals surface area contributed by atoms with Crippen molar-refractivity contribution in [3.8, 4) is 11.3 Å². The summed E-state index contributed by atoms with van der Waals surface area (Å²) in [4.78, 5) is 27.1. The number of halogens is 1. The molecule has 1 fully saturated rings. The highest BCUT2D eigenvalue weighted by Crippen LogP contribution is 2.41. The minimum Gasteiger partial charge on any atom is -0.465 e. The van der Waals surface area contributed by atoms with E-state index in [9.17, 15) is 4.79 Å². The number of aromatic nitrogens is 3. The molecule has 2 aromatic heterocycles. The predicted molar refractivity (Wildman–Crippen MR) is 116 cm³/mol. The summed E-state index contributed by atoms with van der Waals surface area (Å²) in [7, 11) is 1.32. The Kier molecular flexibility index (Phi) is 4.58. The SMILES string of the molecule is COC(=O)c1cccc(-c2nccnc2C2(F)CN(c3ccc4ccccc4n3)C2)c1. The van der Waals surface area contributed by atoms with E-state index in [1.807, 2.05) is 41.3 Å². The van der Waals surface area contributed by atoms with Gasteiger partial charge in [-0.1, -0.05) is 30.3 Å². The molecule has 3 heterocycles. The molecule has 1 aliphatic heterocycles. The van der Waals surface area contributed by atoms with Crippen LogP contribution in [0.5, 0.6) is 0 Å². The number of fused-ring (bicyclic) bond motifs is 1. The lowest BCUT2D eigenvalue weighted by Gasteiger charge is -2.45. The predicted octanol–water partition coefficient (Wildman–Crippen LogP) is 4.16. The van der Waals surface area contributed by atoms with Crippen LogP contribution in [0.25, 0.3) is 22.2 Å². The number of esters is 1. The second-order valence-corrected chi connectivity index (χ2v) is 7.51. The number of hydrogen-bond donors (Lipinski definition) is 0. The zero-order valence-corrected chi connectivity index (χ0v) is 16.8. The van der Waals surface area contributed by atoms with E-state index in [4.69, 9.17) is 4.74 Å². The molecular formula is C24H19FN4O2. The number of carbonyl (C=O) groups is 1. The summed E-state index contributed by atoms with van der Waals surface area (Å²) in [6, 6.07) is 18.5. The number of rotatable bonds is 4. The van der Waals surface area contributed by atoms with E-state index in [0.717, 1.165) is 16.7 Å². The van der Waals surface area contributed by atoms with Crippen LogP contribution < -0.4 is 4.90 Å². The molecule has 4 aromatic rings. The van der Waals surface area contributed by atoms with Gasteiger partial charge in [0.1, 0.15) is 11.5 Å². The summed E-state index contributed by atoms with van der Waals surface area (Å²) in [5.74, 6) is 0.268. The number of ether oxygens (including phenoxy) is 1. The van der Waals surface area contributed by atoms with Gasteiger partial charge in [0.15, 0.2) is 5.67 Å². The fourth-order valence-corrected chi connectivity index (χ4v) is 3.89. The van der Waals surface area contributed by atoms with Crippen molar-refractivity contribution in [1.82, 2.24) is 15.0 Å². The van der Waals surface area contributed by atoms with Crippen LogP contribution in [0.3, 0.4) is 0 Å². The van der Waals surface area contributed by atoms with E-state index in [0.29, 0.717) is 16.8 Å². The van der Waals surface area contributed by atoms with Crippen molar-refractivity contribution < 1.29 is 13.9 Å². The van der Waals surface area contributed by atoms with Gasteiger partial charge in [-0.05, 0) is 30.3 Å². The van der Waals surface area contributed by atoms with Gasteiger partial charge in [-0.25, -0.2) is 14.2 Å². The summed E-state index contributed by atoms with van der Waals surface area (Å²) in [5.41, 5.74) is 0.871. The average Bonchev–Trinajstić information content (AvgIpc) is 2.81. The lowest BCUT2D eigenvalue weighted by Crippen LogP contribution is -2.57. The number of para-hydroxylation sites is 1. The zero-order chi connectivity index (χ0) is 21.4. The molecule has 0 atom stereocenters. The first-order chi connectivity index (χ1) is 15.1. The standard InChI is InChI=1S/C24H19FN4O2/c1-31-23(30)18-7-4-6-17(13-18)21-22(27-12-11-26-21)24(25)14-29(15-24)20-10-9-16-5-2-3-8-19(16)28-20/h2-13H,14-15H2,1H3. The molecule has 1 saturated heterocycles. The maximum atomic E-state index is 15.9. The number of hydrogen-bond acceptors (Lipinski definition) is 6. The van der Waals surface area contributed by atoms with Gasteiger partial charge in [0.25, 0.3) is 0 Å². The topological polar surface area (TPSA) is 68.2 Å². The van der Waals surface area contributed by atoms with Crippen LogP contribution in [0.15, 0.2) is 73.1 Å². The molecule has 1 aliphatic rings. The third-order valence-corrected chi connectivity index (χ3v) is 5.47. The minimum absolute atomic E-state index is 0.126. The summed E-state index contributed by atoms with van der Waals surface area (Å²) in [6.45, 7) is 0.251. The van der Waals surface area contributed by atoms with Crippen LogP contribution in [-0.2, 0) is 10.4 Å². The molecule has 0 aliphatic carbocycles. The van der Waals surface area contributed by atoms with Crippen LogP contribution in [0, 0.1) is 0 Å². The van der Waals surface area contributed by atoms with Crippen molar-refractivity contribution in [2.75, 3.05) is 25.1 Å². The van der Waals surface area contributed by atoms with Gasteiger partial charge >= 0.3 is 5.97 Å². The van der Waals surface area contributed by atoms with Gasteiger partial charge in [0.05, 0.1) is 37.0 Å². The molecule has 7 heteroatoms. The Bertz CT molecular complexity index is 1290. The number of benzene rings is 2. The zero-order valence-electron chi connectivity index (χ0n) is 16.8. The monoisotopic (exact) mass is 414 g/mol. The summed E-state index contributed by atoms with van der Waals surface area (Å²) >= 11 is 0. The molecule has 0 N–H and O–H groups in total. The van der Waals surface area contributed by atoms with Crippen LogP contribution in [0.4, 0.5) is 10.2 Å². The first kappa shape index (κ1) is 19.1. The van der Waals surface area contributed by atoms with Gasteiger partial charge in [0.2, 0.25) is 0 Å². The van der Waals surface area contributed by atoms with E-state index < -0.39 is 11.6 Å². The molecule has 0 spiro atoms. The Hall–Kier alpha value is -3.87. The maximum Gasteiger partial charge on any atom is 0.337 e. The third-order valence-electron chi connectivity index (χ3n) is 5.47. The molecular weight excluding hydrogens is 395 g/mol. The number of nitrogens with zero attached hydrogens (tertiary/aromatic N) is 4. The Labute approximate surface area is 178 Å². The molecule has 5 rings (SSSR count).